The van der Waals surface area contributed by atoms with Gasteiger partial charge in [0.1, 0.15) is 6.17 Å². The predicted octanol–water partition coefficient (Wildman–Crippen LogP) is 5.16. The molecule has 4 fully saturated rings. The van der Waals surface area contributed by atoms with Gasteiger partial charge in [0.15, 0.2) is 11.5 Å². The van der Waals surface area contributed by atoms with Crippen LogP contribution in [0.25, 0.3) is 0 Å². The molecule has 0 aromatic heterocycles. The fraction of sp³-hybridized carbons (Fsp3) is 0.600. The van der Waals surface area contributed by atoms with Gasteiger partial charge in [-0.25, -0.2) is 8.78 Å². The van der Waals surface area contributed by atoms with Crippen molar-refractivity contribution in [3.8, 4) is 0 Å². The zero-order chi connectivity index (χ0) is 27.5. The smallest absolute Gasteiger partial charge is 0.311 e. The minimum absolute atomic E-state index is 0.0497. The third-order valence-corrected chi connectivity index (χ3v) is 11.9. The SMILES string of the molecule is CC12C=CC(=O)C=C1C(F)CC1C3(C)CC4CN(Cc5cccc(Cl)c5)CC4(C(=O)O)C3(C)CC(O)C12F. The summed E-state index contributed by atoms with van der Waals surface area (Å²) in [5, 5.41) is 23.1. The lowest BCUT2D eigenvalue weighted by Gasteiger charge is -2.67. The summed E-state index contributed by atoms with van der Waals surface area (Å²) in [4.78, 5) is 27.4. The lowest BCUT2D eigenvalue weighted by molar-refractivity contribution is -0.244. The number of benzene rings is 1. The number of ketones is 1. The lowest BCUT2D eigenvalue weighted by atomic mass is 9.39. The molecule has 204 valence electrons. The minimum atomic E-state index is -2.23. The maximum atomic E-state index is 17.6. The molecule has 9 atom stereocenters. The van der Waals surface area contributed by atoms with Crippen molar-refractivity contribution in [3.63, 3.8) is 0 Å². The van der Waals surface area contributed by atoms with Crippen molar-refractivity contribution >= 4 is 23.4 Å². The summed E-state index contributed by atoms with van der Waals surface area (Å²) in [7, 11) is 0. The van der Waals surface area contributed by atoms with E-state index in [-0.39, 0.29) is 36.7 Å². The summed E-state index contributed by atoms with van der Waals surface area (Å²) >= 11 is 6.18. The fourth-order valence-corrected chi connectivity index (χ4v) is 9.94. The molecule has 5 nitrogen and oxygen atoms in total. The highest BCUT2D eigenvalue weighted by atomic mass is 35.5. The fourth-order valence-electron chi connectivity index (χ4n) is 9.72. The summed E-state index contributed by atoms with van der Waals surface area (Å²) < 4.78 is 33.4. The molecule has 2 N–H and O–H groups in total. The molecule has 0 spiro atoms. The summed E-state index contributed by atoms with van der Waals surface area (Å²) in [5.74, 6) is -2.52. The largest absolute Gasteiger partial charge is 0.481 e. The van der Waals surface area contributed by atoms with Gasteiger partial charge in [-0.3, -0.25) is 14.5 Å². The van der Waals surface area contributed by atoms with E-state index < -0.39 is 51.5 Å². The van der Waals surface area contributed by atoms with Gasteiger partial charge >= 0.3 is 5.97 Å². The number of rotatable bonds is 3. The number of carboxylic acids is 1. The van der Waals surface area contributed by atoms with E-state index in [4.69, 9.17) is 11.6 Å². The van der Waals surface area contributed by atoms with Crippen LogP contribution < -0.4 is 0 Å². The van der Waals surface area contributed by atoms with Crippen LogP contribution >= 0.6 is 11.6 Å². The van der Waals surface area contributed by atoms with Crippen molar-refractivity contribution in [2.24, 2.45) is 33.5 Å². The number of aliphatic carboxylic acids is 1. The first kappa shape index (κ1) is 26.1. The van der Waals surface area contributed by atoms with Crippen LogP contribution in [0.2, 0.25) is 5.02 Å². The molecule has 4 aliphatic carbocycles. The van der Waals surface area contributed by atoms with E-state index in [1.807, 2.05) is 32.0 Å². The second-order valence-electron chi connectivity index (χ2n) is 13.0. The third-order valence-electron chi connectivity index (χ3n) is 11.7. The van der Waals surface area contributed by atoms with Crippen molar-refractivity contribution < 1.29 is 28.6 Å². The highest BCUT2D eigenvalue weighted by Gasteiger charge is 2.82. The predicted molar refractivity (Wildman–Crippen MR) is 139 cm³/mol. The molecule has 3 saturated carbocycles. The molecular formula is C30H34ClF2NO4. The van der Waals surface area contributed by atoms with Crippen molar-refractivity contribution in [1.29, 1.82) is 0 Å². The van der Waals surface area contributed by atoms with E-state index >= 15 is 8.78 Å². The Balaban J connectivity index is 1.42. The van der Waals surface area contributed by atoms with Crippen LogP contribution in [0.4, 0.5) is 8.78 Å². The Kier molecular flexibility index (Phi) is 5.49. The zero-order valence-corrected chi connectivity index (χ0v) is 22.6. The number of carbonyl (C=O) groups is 2. The van der Waals surface area contributed by atoms with Gasteiger partial charge in [0, 0.05) is 36.0 Å². The molecule has 0 bridgehead atoms. The maximum absolute atomic E-state index is 17.6. The maximum Gasteiger partial charge on any atom is 0.311 e. The first-order valence-corrected chi connectivity index (χ1v) is 13.8. The topological polar surface area (TPSA) is 77.8 Å². The molecule has 5 aliphatic rings. The van der Waals surface area contributed by atoms with Gasteiger partial charge in [0.2, 0.25) is 0 Å². The molecule has 0 amide bonds. The number of hydrogen-bond acceptors (Lipinski definition) is 4. The average molecular weight is 546 g/mol. The Hall–Kier alpha value is -2.09. The van der Waals surface area contributed by atoms with Gasteiger partial charge < -0.3 is 10.2 Å². The Labute approximate surface area is 226 Å². The van der Waals surface area contributed by atoms with E-state index in [9.17, 15) is 19.8 Å². The molecule has 6 rings (SSSR count). The van der Waals surface area contributed by atoms with Crippen LogP contribution in [0.1, 0.15) is 45.6 Å². The summed E-state index contributed by atoms with van der Waals surface area (Å²) in [6.45, 7) is 6.70. The van der Waals surface area contributed by atoms with Gasteiger partial charge in [-0.05, 0) is 78.4 Å². The number of alkyl halides is 2. The first-order chi connectivity index (χ1) is 17.7. The number of aliphatic hydroxyl groups is 1. The van der Waals surface area contributed by atoms with Crippen molar-refractivity contribution in [3.05, 3.63) is 58.7 Å². The summed E-state index contributed by atoms with van der Waals surface area (Å²) in [6, 6.07) is 7.49. The van der Waals surface area contributed by atoms with Crippen molar-refractivity contribution in [2.45, 2.75) is 64.5 Å². The third kappa shape index (κ3) is 2.93. The molecule has 8 heteroatoms. The van der Waals surface area contributed by atoms with Crippen LogP contribution in [0.3, 0.4) is 0 Å². The first-order valence-electron chi connectivity index (χ1n) is 13.4. The Morgan fingerprint density at radius 2 is 1.97 bits per heavy atom. The monoisotopic (exact) mass is 545 g/mol. The van der Waals surface area contributed by atoms with Crippen LogP contribution in [0, 0.1) is 33.5 Å². The number of likely N-dealkylation sites (tertiary alicyclic amines) is 1. The number of hydrogen-bond donors (Lipinski definition) is 2. The number of carboxylic acid groups (broad SMARTS) is 1. The Bertz CT molecular complexity index is 1300. The van der Waals surface area contributed by atoms with Gasteiger partial charge in [0.25, 0.3) is 0 Å². The quantitative estimate of drug-likeness (QED) is 0.548. The molecule has 1 saturated heterocycles. The van der Waals surface area contributed by atoms with Gasteiger partial charge in [-0.15, -0.1) is 0 Å². The standard InChI is InChI=1S/C30H34ClF2NO4/c1-26-8-7-20(35)10-21(26)22(32)11-23-27(2)12-18-15-34(14-17-5-4-6-19(31)9-17)16-29(18,25(37)38)28(27,3)13-24(36)30(23,26)33/h4-10,18,22-24,36H,11-16H2,1-3H3,(H,37,38). The van der Waals surface area contributed by atoms with E-state index in [1.54, 1.807) is 13.0 Å². The molecule has 1 heterocycles. The Morgan fingerprint density at radius 1 is 1.24 bits per heavy atom. The summed E-state index contributed by atoms with van der Waals surface area (Å²) in [6.07, 6.45) is 1.00. The van der Waals surface area contributed by atoms with Crippen LogP contribution in [0.5, 0.6) is 0 Å². The van der Waals surface area contributed by atoms with Crippen molar-refractivity contribution in [2.75, 3.05) is 13.1 Å². The van der Waals surface area contributed by atoms with Crippen LogP contribution in [-0.2, 0) is 16.1 Å². The van der Waals surface area contributed by atoms with Gasteiger partial charge in [-0.2, -0.15) is 0 Å². The van der Waals surface area contributed by atoms with E-state index in [2.05, 4.69) is 4.90 Å². The number of nitrogens with zero attached hydrogens (tertiary/aromatic N) is 1. The second-order valence-corrected chi connectivity index (χ2v) is 13.4. The normalized spacial score (nSPS) is 47.7. The van der Waals surface area contributed by atoms with Crippen LogP contribution in [0.15, 0.2) is 48.1 Å². The molecule has 1 aromatic carbocycles. The molecule has 38 heavy (non-hydrogen) atoms. The van der Waals surface area contributed by atoms with E-state index in [0.717, 1.165) is 5.56 Å². The minimum Gasteiger partial charge on any atom is -0.481 e. The lowest BCUT2D eigenvalue weighted by Crippen LogP contribution is -2.72. The van der Waals surface area contributed by atoms with Crippen molar-refractivity contribution in [1.82, 2.24) is 4.90 Å². The molecule has 1 aliphatic heterocycles. The second kappa shape index (κ2) is 7.98. The number of carbonyl (C=O) groups excluding carboxylic acids is 1. The van der Waals surface area contributed by atoms with E-state index in [0.29, 0.717) is 24.5 Å². The van der Waals surface area contributed by atoms with Gasteiger partial charge in [0.05, 0.1) is 11.5 Å². The highest BCUT2D eigenvalue weighted by Crippen LogP contribution is 2.79. The number of fused-ring (bicyclic) bond motifs is 7. The molecule has 9 unspecified atom stereocenters. The average Bonchev–Trinajstić information content (AvgIpc) is 3.28. The molecular weight excluding hydrogens is 512 g/mol. The number of halogens is 3. The zero-order valence-electron chi connectivity index (χ0n) is 21.9. The molecule has 0 radical (unpaired) electrons. The molecule has 1 aromatic rings. The Morgan fingerprint density at radius 3 is 2.66 bits per heavy atom. The van der Waals surface area contributed by atoms with Crippen LogP contribution in [-0.4, -0.2) is 57.9 Å². The van der Waals surface area contributed by atoms with E-state index in [1.165, 1.54) is 18.2 Å². The summed E-state index contributed by atoms with van der Waals surface area (Å²) in [5.41, 5.74) is -5.73. The number of allylic oxidation sites excluding steroid dienone is 4. The number of aliphatic hydroxyl groups excluding tert-OH is 1. The highest BCUT2D eigenvalue weighted by molar-refractivity contribution is 6.30. The van der Waals surface area contributed by atoms with Gasteiger partial charge in [-0.1, -0.05) is 43.7 Å².